The van der Waals surface area contributed by atoms with Crippen molar-refractivity contribution in [1.29, 1.82) is 0 Å². The molecule has 7 nitrogen and oxygen atoms in total. The zero-order valence-corrected chi connectivity index (χ0v) is 17.3. The minimum absolute atomic E-state index is 0.110. The number of halogens is 1. The highest BCUT2D eigenvalue weighted by Crippen LogP contribution is 2.67. The summed E-state index contributed by atoms with van der Waals surface area (Å²) in [5, 5.41) is 14.6. The van der Waals surface area contributed by atoms with Crippen LogP contribution in [-0.4, -0.2) is 46.4 Å². The molecule has 2 spiro atoms. The molecule has 0 aromatic heterocycles. The summed E-state index contributed by atoms with van der Waals surface area (Å²) in [4.78, 5) is 14.8. The topological polar surface area (TPSA) is 105 Å². The Kier molecular flexibility index (Phi) is 4.34. The smallest absolute Gasteiger partial charge is 0.321 e. The number of carbonyl (C=O) groups is 1. The van der Waals surface area contributed by atoms with Crippen LogP contribution < -0.4 is 0 Å². The van der Waals surface area contributed by atoms with Crippen molar-refractivity contribution in [3.8, 4) is 0 Å². The summed E-state index contributed by atoms with van der Waals surface area (Å²) in [5.41, 5.74) is 10.4. The third-order valence-corrected chi connectivity index (χ3v) is 8.52. The van der Waals surface area contributed by atoms with E-state index in [9.17, 15) is 9.90 Å². The van der Waals surface area contributed by atoms with E-state index in [1.54, 1.807) is 0 Å². The quantitative estimate of drug-likeness (QED) is 0.246. The van der Waals surface area contributed by atoms with Gasteiger partial charge in [-0.2, -0.15) is 0 Å². The summed E-state index contributed by atoms with van der Waals surface area (Å²) < 4.78 is 12.4. The lowest BCUT2D eigenvalue weighted by Crippen LogP contribution is -2.56. The second kappa shape index (κ2) is 6.48. The Labute approximate surface area is 174 Å². The van der Waals surface area contributed by atoms with Gasteiger partial charge in [0.15, 0.2) is 0 Å². The Morgan fingerprint density at radius 1 is 1.45 bits per heavy atom. The molecule has 3 aliphatic carbocycles. The first kappa shape index (κ1) is 19.4. The van der Waals surface area contributed by atoms with Gasteiger partial charge in [0.05, 0.1) is 23.3 Å². The zero-order valence-electron chi connectivity index (χ0n) is 16.5. The predicted molar refractivity (Wildman–Crippen MR) is 106 cm³/mol. The molecule has 0 aromatic rings. The first-order valence-corrected chi connectivity index (χ1v) is 11.0. The molecule has 3 fully saturated rings. The molecule has 2 saturated carbocycles. The van der Waals surface area contributed by atoms with Crippen LogP contribution in [0.1, 0.15) is 51.9 Å². The van der Waals surface area contributed by atoms with Crippen LogP contribution in [0, 0.1) is 11.3 Å². The van der Waals surface area contributed by atoms with Gasteiger partial charge in [0, 0.05) is 4.91 Å². The van der Waals surface area contributed by atoms with Crippen LogP contribution in [0.5, 0.6) is 0 Å². The number of azide groups is 1. The molecule has 0 radical (unpaired) electrons. The number of alkyl halides is 1. The number of hydrogen-bond donors (Lipinski definition) is 1. The molecule has 5 aliphatic rings. The normalized spacial score (nSPS) is 47.1. The molecule has 1 saturated heterocycles. The molecule has 2 bridgehead atoms. The number of carbonyl (C=O) groups excluding carboxylic acids is 1. The third-order valence-electron chi connectivity index (χ3n) is 8.30. The van der Waals surface area contributed by atoms with Crippen LogP contribution in [0.4, 0.5) is 0 Å². The first-order chi connectivity index (χ1) is 13.9. The minimum atomic E-state index is -0.631. The van der Waals surface area contributed by atoms with Gasteiger partial charge in [0.1, 0.15) is 12.0 Å². The van der Waals surface area contributed by atoms with E-state index < -0.39 is 23.7 Å². The van der Waals surface area contributed by atoms with Crippen LogP contribution in [0.15, 0.2) is 28.4 Å². The van der Waals surface area contributed by atoms with Gasteiger partial charge in [0.2, 0.25) is 0 Å². The van der Waals surface area contributed by atoms with Crippen molar-refractivity contribution in [2.75, 3.05) is 5.88 Å². The zero-order chi connectivity index (χ0) is 20.4. The van der Waals surface area contributed by atoms with E-state index in [4.69, 9.17) is 26.6 Å². The standard InChI is InChI=1S/C21H26ClN3O4/c1-19-5-4-12-8-13-9-15(28-18(27)11-22)14(24-25-23)10-20(13)6-7-21(12,29-20)16(19)2-3-17(19)26/h8-9,14-17,26H,2-7,10-11H2,1H3/t14-,15-,16+,17-,19-,20+,21+/m0/s1. The fraction of sp³-hybridized carbons (Fsp3) is 0.762. The SMILES string of the molecule is C[C@]12CCC3=CC4=C[C@H](OC(=O)CCl)[C@@H](N=[N+]=[N-])C[C@]45CC[C@]3(O5)[C@@H]1CC[C@@H]2O. The summed E-state index contributed by atoms with van der Waals surface area (Å²) in [6.07, 6.45) is 9.14. The van der Waals surface area contributed by atoms with Crippen LogP contribution >= 0.6 is 11.6 Å². The second-order valence-electron chi connectivity index (χ2n) is 9.49. The molecule has 0 amide bonds. The van der Waals surface area contributed by atoms with Gasteiger partial charge < -0.3 is 14.6 Å². The number of ether oxygens (including phenoxy) is 2. The minimum Gasteiger partial charge on any atom is -0.457 e. The van der Waals surface area contributed by atoms with E-state index >= 15 is 0 Å². The Morgan fingerprint density at radius 3 is 3.03 bits per heavy atom. The van der Waals surface area contributed by atoms with E-state index in [0.29, 0.717) is 12.3 Å². The molecule has 2 heterocycles. The highest BCUT2D eigenvalue weighted by Gasteiger charge is 2.67. The lowest BCUT2D eigenvalue weighted by molar-refractivity contribution is -0.158. The van der Waals surface area contributed by atoms with Gasteiger partial charge >= 0.3 is 5.97 Å². The number of aliphatic hydroxyl groups is 1. The maximum Gasteiger partial charge on any atom is 0.321 e. The molecular formula is C21H26ClN3O4. The van der Waals surface area contributed by atoms with E-state index in [1.165, 1.54) is 5.57 Å². The Balaban J connectivity index is 1.56. The summed E-state index contributed by atoms with van der Waals surface area (Å²) in [5.74, 6) is -0.464. The highest BCUT2D eigenvalue weighted by molar-refractivity contribution is 6.26. The summed E-state index contributed by atoms with van der Waals surface area (Å²) in [6, 6.07) is -0.523. The van der Waals surface area contributed by atoms with Crippen molar-refractivity contribution in [2.45, 2.75) is 81.3 Å². The highest BCUT2D eigenvalue weighted by atomic mass is 35.5. The van der Waals surface area contributed by atoms with Gasteiger partial charge in [-0.3, -0.25) is 4.79 Å². The van der Waals surface area contributed by atoms with Crippen molar-refractivity contribution >= 4 is 17.6 Å². The Bertz CT molecular complexity index is 868. The van der Waals surface area contributed by atoms with Crippen molar-refractivity contribution in [1.82, 2.24) is 0 Å². The van der Waals surface area contributed by atoms with Crippen LogP contribution in [0.25, 0.3) is 10.4 Å². The number of aliphatic hydroxyl groups excluding tert-OH is 1. The van der Waals surface area contributed by atoms with Gasteiger partial charge in [-0.25, -0.2) is 0 Å². The van der Waals surface area contributed by atoms with Gasteiger partial charge in [-0.05, 0) is 79.0 Å². The monoisotopic (exact) mass is 419 g/mol. The van der Waals surface area contributed by atoms with Gasteiger partial charge in [0.25, 0.3) is 0 Å². The van der Waals surface area contributed by atoms with Crippen molar-refractivity contribution in [3.05, 3.63) is 33.7 Å². The number of esters is 1. The molecule has 0 unspecified atom stereocenters. The molecule has 0 aromatic carbocycles. The average Bonchev–Trinajstić information content (AvgIpc) is 3.18. The predicted octanol–water partition coefficient (Wildman–Crippen LogP) is 3.95. The largest absolute Gasteiger partial charge is 0.457 e. The Morgan fingerprint density at radius 2 is 2.28 bits per heavy atom. The number of fused-ring (bicyclic) bond motifs is 1. The van der Waals surface area contributed by atoms with E-state index in [-0.39, 0.29) is 23.0 Å². The summed E-state index contributed by atoms with van der Waals surface area (Å²) in [7, 11) is 0. The summed E-state index contributed by atoms with van der Waals surface area (Å²) >= 11 is 5.61. The van der Waals surface area contributed by atoms with Crippen LogP contribution in [0.2, 0.25) is 0 Å². The number of nitrogens with zero attached hydrogens (tertiary/aromatic N) is 3. The molecule has 7 atom stereocenters. The number of rotatable bonds is 3. The second-order valence-corrected chi connectivity index (χ2v) is 9.76. The van der Waals surface area contributed by atoms with Crippen molar-refractivity contribution < 1.29 is 19.4 Å². The van der Waals surface area contributed by atoms with E-state index in [1.807, 2.05) is 6.08 Å². The fourth-order valence-electron chi connectivity index (χ4n) is 6.86. The molecular weight excluding hydrogens is 394 g/mol. The fourth-order valence-corrected chi connectivity index (χ4v) is 6.92. The van der Waals surface area contributed by atoms with Gasteiger partial charge in [-0.15, -0.1) is 11.6 Å². The molecule has 8 heteroatoms. The maximum absolute atomic E-state index is 11.8. The molecule has 2 aliphatic heterocycles. The lowest BCUT2D eigenvalue weighted by Gasteiger charge is -2.55. The maximum atomic E-state index is 11.8. The Hall–Kier alpha value is -1.53. The van der Waals surface area contributed by atoms with E-state index in [2.05, 4.69) is 23.0 Å². The van der Waals surface area contributed by atoms with Crippen LogP contribution in [0.3, 0.4) is 0 Å². The lowest BCUT2D eigenvalue weighted by atomic mass is 9.58. The molecule has 5 rings (SSSR count). The van der Waals surface area contributed by atoms with Crippen molar-refractivity contribution in [3.63, 3.8) is 0 Å². The average molecular weight is 420 g/mol. The third kappa shape index (κ3) is 2.57. The van der Waals surface area contributed by atoms with Gasteiger partial charge in [-0.1, -0.05) is 18.1 Å². The molecule has 156 valence electrons. The molecule has 29 heavy (non-hydrogen) atoms. The number of hydrogen-bond acceptors (Lipinski definition) is 5. The van der Waals surface area contributed by atoms with Crippen molar-refractivity contribution in [2.24, 2.45) is 16.4 Å². The molecule has 1 N–H and O–H groups in total. The summed E-state index contributed by atoms with van der Waals surface area (Å²) in [6.45, 7) is 2.21. The van der Waals surface area contributed by atoms with E-state index in [0.717, 1.165) is 44.1 Å². The van der Waals surface area contributed by atoms with Crippen LogP contribution in [-0.2, 0) is 14.3 Å². The first-order valence-electron chi connectivity index (χ1n) is 10.5.